The lowest BCUT2D eigenvalue weighted by Crippen LogP contribution is -2.43. The molecular weight excluding hydrogens is 322 g/mol. The number of sulfonamides is 1. The van der Waals surface area contributed by atoms with Gasteiger partial charge in [-0.2, -0.15) is 0 Å². The maximum Gasteiger partial charge on any atom is 0.303 e. The van der Waals surface area contributed by atoms with Crippen LogP contribution in [0, 0.1) is 12.3 Å². The highest BCUT2D eigenvalue weighted by atomic mass is 35.5. The molecule has 1 fully saturated rings. The minimum Gasteiger partial charge on any atom is -0.481 e. The second kappa shape index (κ2) is 5.63. The Labute approximate surface area is 127 Å². The predicted octanol–water partition coefficient (Wildman–Crippen LogP) is 2.63. The quantitative estimate of drug-likeness (QED) is 0.835. The summed E-state index contributed by atoms with van der Waals surface area (Å²) in [6.45, 7) is 1.91. The first-order valence-electron chi connectivity index (χ1n) is 6.22. The van der Waals surface area contributed by atoms with Crippen LogP contribution >= 0.6 is 22.9 Å². The average Bonchev–Trinajstić information content (AvgIpc) is 2.63. The molecule has 1 aliphatic carbocycles. The maximum atomic E-state index is 12.2. The Morgan fingerprint density at radius 1 is 1.55 bits per heavy atom. The molecule has 0 saturated heterocycles. The van der Waals surface area contributed by atoms with E-state index in [9.17, 15) is 13.2 Å². The van der Waals surface area contributed by atoms with E-state index in [0.717, 1.165) is 36.2 Å². The van der Waals surface area contributed by atoms with Crippen molar-refractivity contribution in [2.75, 3.05) is 6.54 Å². The van der Waals surface area contributed by atoms with Gasteiger partial charge in [-0.3, -0.25) is 4.79 Å². The summed E-state index contributed by atoms with van der Waals surface area (Å²) in [5, 5.41) is 8.91. The number of carboxylic acids is 1. The Bertz CT molecular complexity index is 600. The van der Waals surface area contributed by atoms with Crippen molar-refractivity contribution < 1.29 is 18.3 Å². The SMILES string of the molecule is Cc1cc(S(=O)(=O)NCC2(CC(=O)O)CCC2)sc1Cl. The Morgan fingerprint density at radius 2 is 2.20 bits per heavy atom. The van der Waals surface area contributed by atoms with Gasteiger partial charge in [0.2, 0.25) is 10.0 Å². The molecule has 1 heterocycles. The molecule has 5 nitrogen and oxygen atoms in total. The lowest BCUT2D eigenvalue weighted by Gasteiger charge is -2.40. The van der Waals surface area contributed by atoms with Gasteiger partial charge in [-0.05, 0) is 36.8 Å². The fraction of sp³-hybridized carbons (Fsp3) is 0.583. The molecule has 0 amide bonds. The summed E-state index contributed by atoms with van der Waals surface area (Å²) in [4.78, 5) is 10.9. The second-order valence-electron chi connectivity index (χ2n) is 5.27. The normalized spacial score (nSPS) is 17.7. The third-order valence-corrected chi connectivity index (χ3v) is 7.11. The van der Waals surface area contributed by atoms with Crippen molar-refractivity contribution in [3.63, 3.8) is 0 Å². The van der Waals surface area contributed by atoms with E-state index < -0.39 is 21.4 Å². The van der Waals surface area contributed by atoms with Crippen LogP contribution in [-0.4, -0.2) is 26.0 Å². The Hall–Kier alpha value is -0.630. The average molecular weight is 338 g/mol. The minimum atomic E-state index is -3.62. The Morgan fingerprint density at radius 3 is 2.60 bits per heavy atom. The molecule has 112 valence electrons. The molecule has 0 atom stereocenters. The lowest BCUT2D eigenvalue weighted by molar-refractivity contribution is -0.141. The molecule has 1 aliphatic rings. The zero-order valence-electron chi connectivity index (χ0n) is 11.0. The van der Waals surface area contributed by atoms with E-state index in [0.29, 0.717) is 4.34 Å². The minimum absolute atomic E-state index is 0.000254. The van der Waals surface area contributed by atoms with Crippen LogP contribution < -0.4 is 4.72 Å². The third-order valence-electron chi connectivity index (χ3n) is 3.68. The van der Waals surface area contributed by atoms with Gasteiger partial charge < -0.3 is 5.11 Å². The molecule has 0 aromatic carbocycles. The molecule has 2 rings (SSSR count). The molecule has 2 N–H and O–H groups in total. The molecule has 1 aromatic rings. The van der Waals surface area contributed by atoms with Gasteiger partial charge in [-0.25, -0.2) is 13.1 Å². The van der Waals surface area contributed by atoms with Gasteiger partial charge >= 0.3 is 5.97 Å². The molecule has 0 unspecified atom stereocenters. The van der Waals surface area contributed by atoms with Crippen molar-refractivity contribution in [2.24, 2.45) is 5.41 Å². The van der Waals surface area contributed by atoms with Gasteiger partial charge in [-0.15, -0.1) is 11.3 Å². The first-order valence-corrected chi connectivity index (χ1v) is 8.89. The van der Waals surface area contributed by atoms with Crippen molar-refractivity contribution >= 4 is 38.9 Å². The molecule has 20 heavy (non-hydrogen) atoms. The van der Waals surface area contributed by atoms with Crippen LogP contribution in [0.4, 0.5) is 0 Å². The number of hydrogen-bond donors (Lipinski definition) is 2. The number of carboxylic acid groups (broad SMARTS) is 1. The largest absolute Gasteiger partial charge is 0.481 e. The van der Waals surface area contributed by atoms with E-state index in [4.69, 9.17) is 16.7 Å². The fourth-order valence-corrected chi connectivity index (χ4v) is 5.21. The molecule has 0 spiro atoms. The smallest absolute Gasteiger partial charge is 0.303 e. The van der Waals surface area contributed by atoms with E-state index in [1.165, 1.54) is 6.07 Å². The van der Waals surface area contributed by atoms with Crippen LogP contribution in [0.3, 0.4) is 0 Å². The summed E-state index contributed by atoms with van der Waals surface area (Å²) in [6, 6.07) is 1.53. The number of aliphatic carboxylic acids is 1. The Kier molecular flexibility index (Phi) is 4.44. The van der Waals surface area contributed by atoms with Gasteiger partial charge in [0.15, 0.2) is 0 Å². The highest BCUT2D eigenvalue weighted by Gasteiger charge is 2.40. The zero-order valence-corrected chi connectivity index (χ0v) is 13.4. The predicted molar refractivity (Wildman–Crippen MR) is 77.8 cm³/mol. The molecule has 0 bridgehead atoms. The van der Waals surface area contributed by atoms with Crippen molar-refractivity contribution in [3.05, 3.63) is 16.0 Å². The van der Waals surface area contributed by atoms with Gasteiger partial charge in [0.25, 0.3) is 0 Å². The topological polar surface area (TPSA) is 83.5 Å². The maximum absolute atomic E-state index is 12.2. The third kappa shape index (κ3) is 3.33. The molecule has 1 saturated carbocycles. The van der Waals surface area contributed by atoms with Crippen LogP contribution in [0.25, 0.3) is 0 Å². The van der Waals surface area contributed by atoms with Crippen molar-refractivity contribution in [1.29, 1.82) is 0 Å². The lowest BCUT2D eigenvalue weighted by atomic mass is 9.67. The fourth-order valence-electron chi connectivity index (χ4n) is 2.30. The highest BCUT2D eigenvalue weighted by Crippen LogP contribution is 2.43. The summed E-state index contributed by atoms with van der Waals surface area (Å²) in [6.07, 6.45) is 2.43. The molecule has 8 heteroatoms. The van der Waals surface area contributed by atoms with Crippen molar-refractivity contribution in [3.8, 4) is 0 Å². The summed E-state index contributed by atoms with van der Waals surface area (Å²) in [7, 11) is -3.62. The number of thiophene rings is 1. The van der Waals surface area contributed by atoms with Crippen molar-refractivity contribution in [2.45, 2.75) is 36.8 Å². The number of hydrogen-bond acceptors (Lipinski definition) is 4. The number of rotatable bonds is 6. The number of halogens is 1. The van der Waals surface area contributed by atoms with Gasteiger partial charge in [0.1, 0.15) is 4.21 Å². The van der Waals surface area contributed by atoms with Crippen LogP contribution in [0.15, 0.2) is 10.3 Å². The first-order chi connectivity index (χ1) is 9.24. The standard InChI is InChI=1S/C12H16ClNO4S2/c1-8-5-10(19-11(8)13)20(17,18)14-7-12(3-2-4-12)6-9(15)16/h5,14H,2-4,6-7H2,1H3,(H,15,16). The number of carbonyl (C=O) groups is 1. The summed E-state index contributed by atoms with van der Waals surface area (Å²) >= 11 is 6.89. The summed E-state index contributed by atoms with van der Waals surface area (Å²) in [5.74, 6) is -0.890. The van der Waals surface area contributed by atoms with Crippen molar-refractivity contribution in [1.82, 2.24) is 4.72 Å². The monoisotopic (exact) mass is 337 g/mol. The van der Waals surface area contributed by atoms with E-state index in [-0.39, 0.29) is 17.2 Å². The Balaban J connectivity index is 2.07. The second-order valence-corrected chi connectivity index (χ2v) is 8.92. The highest BCUT2D eigenvalue weighted by molar-refractivity contribution is 7.91. The zero-order chi connectivity index (χ0) is 15.0. The van der Waals surface area contributed by atoms with Gasteiger partial charge in [0.05, 0.1) is 10.8 Å². The van der Waals surface area contributed by atoms with Crippen LogP contribution in [-0.2, 0) is 14.8 Å². The summed E-state index contributed by atoms with van der Waals surface area (Å²) < 4.78 is 27.5. The first kappa shape index (κ1) is 15.8. The van der Waals surface area contributed by atoms with Crippen LogP contribution in [0.5, 0.6) is 0 Å². The molecule has 0 aliphatic heterocycles. The van der Waals surface area contributed by atoms with Gasteiger partial charge in [0, 0.05) is 6.54 Å². The summed E-state index contributed by atoms with van der Waals surface area (Å²) in [5.41, 5.74) is 0.288. The van der Waals surface area contributed by atoms with Crippen LogP contribution in [0.1, 0.15) is 31.2 Å². The van der Waals surface area contributed by atoms with Crippen LogP contribution in [0.2, 0.25) is 4.34 Å². The number of aryl methyl sites for hydroxylation is 1. The van der Waals surface area contributed by atoms with E-state index in [2.05, 4.69) is 4.72 Å². The molecule has 1 aromatic heterocycles. The van der Waals surface area contributed by atoms with E-state index in [1.54, 1.807) is 6.92 Å². The molecule has 0 radical (unpaired) electrons. The van der Waals surface area contributed by atoms with Gasteiger partial charge in [-0.1, -0.05) is 18.0 Å². The molecular formula is C12H16ClNO4S2. The number of nitrogens with one attached hydrogen (secondary N) is 1. The van der Waals surface area contributed by atoms with E-state index >= 15 is 0 Å². The van der Waals surface area contributed by atoms with E-state index in [1.807, 2.05) is 0 Å².